The van der Waals surface area contributed by atoms with Gasteiger partial charge in [0.05, 0.1) is 12.0 Å². The predicted octanol–water partition coefficient (Wildman–Crippen LogP) is 3.88. The molecular formula is C13H30O3Si2. The summed E-state index contributed by atoms with van der Waals surface area (Å²) in [5, 5.41) is 0. The molecule has 0 saturated carbocycles. The van der Waals surface area contributed by atoms with Crippen molar-refractivity contribution in [3.8, 4) is 0 Å². The second-order valence-corrected chi connectivity index (χ2v) is 16.2. The molecule has 0 aromatic heterocycles. The Balaban J connectivity index is 4.77. The smallest absolute Gasteiger partial charge is 0.297 e. The van der Waals surface area contributed by atoms with Crippen LogP contribution in [0.4, 0.5) is 0 Å². The van der Waals surface area contributed by atoms with Gasteiger partial charge in [-0.05, 0) is 52.1 Å². The van der Waals surface area contributed by atoms with Gasteiger partial charge in [-0.25, -0.2) is 0 Å². The SMILES string of the molecule is CC(C)C(O[Si](C)(C)C)C(C)C(=O)O[Si](C)(C)C. The van der Waals surface area contributed by atoms with Crippen LogP contribution in [0.2, 0.25) is 39.3 Å². The van der Waals surface area contributed by atoms with Crippen LogP contribution in [0, 0.1) is 11.8 Å². The molecule has 0 fully saturated rings. The third-order valence-electron chi connectivity index (χ3n) is 2.42. The standard InChI is InChI=1S/C13H30O3Si2/c1-10(2)12(15-17(4,5)6)11(3)13(14)16-18(7,8)9/h10-12H,1-9H3. The van der Waals surface area contributed by atoms with E-state index in [2.05, 4.69) is 33.5 Å². The highest BCUT2D eigenvalue weighted by molar-refractivity contribution is 6.71. The third-order valence-corrected chi connectivity index (χ3v) is 4.21. The predicted molar refractivity (Wildman–Crippen MR) is 81.7 cm³/mol. The quantitative estimate of drug-likeness (QED) is 0.696. The minimum absolute atomic E-state index is 0.0412. The molecule has 0 spiro atoms. The molecule has 5 heteroatoms. The lowest BCUT2D eigenvalue weighted by molar-refractivity contribution is -0.143. The summed E-state index contributed by atoms with van der Waals surface area (Å²) in [4.78, 5) is 12.1. The van der Waals surface area contributed by atoms with Crippen LogP contribution in [0.5, 0.6) is 0 Å². The molecule has 0 aromatic rings. The van der Waals surface area contributed by atoms with E-state index in [0.29, 0.717) is 5.92 Å². The van der Waals surface area contributed by atoms with Gasteiger partial charge >= 0.3 is 0 Å². The molecule has 0 aliphatic heterocycles. The molecule has 0 amide bonds. The number of hydrogen-bond donors (Lipinski definition) is 0. The molecule has 0 aliphatic rings. The van der Waals surface area contributed by atoms with Gasteiger partial charge in [-0.1, -0.05) is 13.8 Å². The summed E-state index contributed by atoms with van der Waals surface area (Å²) in [6.45, 7) is 18.7. The zero-order chi connectivity index (χ0) is 14.7. The molecule has 0 heterocycles. The van der Waals surface area contributed by atoms with E-state index in [9.17, 15) is 4.79 Å². The average molecular weight is 291 g/mol. The van der Waals surface area contributed by atoms with Crippen LogP contribution < -0.4 is 0 Å². The summed E-state index contributed by atoms with van der Waals surface area (Å²) in [6.07, 6.45) is -0.0412. The van der Waals surface area contributed by atoms with Gasteiger partial charge in [0.2, 0.25) is 8.32 Å². The number of rotatable bonds is 6. The summed E-state index contributed by atoms with van der Waals surface area (Å²) >= 11 is 0. The molecule has 0 aliphatic carbocycles. The highest BCUT2D eigenvalue weighted by Gasteiger charge is 2.34. The van der Waals surface area contributed by atoms with Crippen molar-refractivity contribution in [3.63, 3.8) is 0 Å². The molecule has 18 heavy (non-hydrogen) atoms. The Morgan fingerprint density at radius 1 is 0.889 bits per heavy atom. The Morgan fingerprint density at radius 2 is 1.33 bits per heavy atom. The number of hydrogen-bond acceptors (Lipinski definition) is 3. The highest BCUT2D eigenvalue weighted by atomic mass is 28.4. The van der Waals surface area contributed by atoms with Crippen molar-refractivity contribution in [1.29, 1.82) is 0 Å². The van der Waals surface area contributed by atoms with Crippen molar-refractivity contribution >= 4 is 22.6 Å². The summed E-state index contributed by atoms with van der Waals surface area (Å²) in [6, 6.07) is 0. The van der Waals surface area contributed by atoms with Crippen molar-refractivity contribution < 1.29 is 13.6 Å². The Bertz CT molecular complexity index is 277. The number of carbonyl (C=O) groups is 1. The molecule has 108 valence electrons. The Kier molecular flexibility index (Phi) is 6.30. The first kappa shape index (κ1) is 17.9. The maximum absolute atomic E-state index is 12.1. The number of carbonyl (C=O) groups excluding carboxylic acids is 1. The minimum Gasteiger partial charge on any atom is -0.520 e. The van der Waals surface area contributed by atoms with Gasteiger partial charge in [0.15, 0.2) is 8.32 Å². The van der Waals surface area contributed by atoms with Crippen LogP contribution in [0.1, 0.15) is 20.8 Å². The molecule has 2 atom stereocenters. The second kappa shape index (κ2) is 6.34. The third kappa shape index (κ3) is 7.33. The lowest BCUT2D eigenvalue weighted by Crippen LogP contribution is -2.43. The fourth-order valence-electron chi connectivity index (χ4n) is 1.75. The van der Waals surface area contributed by atoms with E-state index < -0.39 is 16.6 Å². The minimum atomic E-state index is -1.82. The molecule has 2 unspecified atom stereocenters. The Hall–Kier alpha value is -0.136. The Labute approximate surface area is 115 Å². The first-order valence-electron chi connectivity index (χ1n) is 6.74. The summed E-state index contributed by atoms with van der Waals surface area (Å²) in [7, 11) is -3.46. The fourth-order valence-corrected chi connectivity index (χ4v) is 3.83. The van der Waals surface area contributed by atoms with Crippen LogP contribution in [0.15, 0.2) is 0 Å². The van der Waals surface area contributed by atoms with Crippen LogP contribution in [0.3, 0.4) is 0 Å². The van der Waals surface area contributed by atoms with Gasteiger partial charge in [0, 0.05) is 0 Å². The largest absolute Gasteiger partial charge is 0.520 e. The van der Waals surface area contributed by atoms with E-state index in [1.165, 1.54) is 0 Å². The van der Waals surface area contributed by atoms with Crippen molar-refractivity contribution in [2.45, 2.75) is 66.2 Å². The summed E-state index contributed by atoms with van der Waals surface area (Å²) < 4.78 is 11.7. The zero-order valence-electron chi connectivity index (χ0n) is 13.5. The molecule has 0 rings (SSSR count). The van der Waals surface area contributed by atoms with E-state index in [1.54, 1.807) is 0 Å². The molecule has 0 bridgehead atoms. The van der Waals surface area contributed by atoms with Gasteiger partial charge in [-0.2, -0.15) is 0 Å². The molecule has 3 nitrogen and oxygen atoms in total. The van der Waals surface area contributed by atoms with E-state index in [1.807, 2.05) is 26.6 Å². The fraction of sp³-hybridized carbons (Fsp3) is 0.923. The van der Waals surface area contributed by atoms with E-state index in [0.717, 1.165) is 0 Å². The monoisotopic (exact) mass is 290 g/mol. The van der Waals surface area contributed by atoms with Crippen LogP contribution in [-0.2, 0) is 13.6 Å². The summed E-state index contributed by atoms with van der Waals surface area (Å²) in [5.74, 6) is 0.0236. The van der Waals surface area contributed by atoms with E-state index >= 15 is 0 Å². The maximum atomic E-state index is 12.1. The zero-order valence-corrected chi connectivity index (χ0v) is 15.5. The van der Waals surface area contributed by atoms with Gasteiger partial charge in [-0.15, -0.1) is 0 Å². The first-order chi connectivity index (χ1) is 7.83. The van der Waals surface area contributed by atoms with Gasteiger partial charge in [-0.3, -0.25) is 4.79 Å². The van der Waals surface area contributed by atoms with Crippen LogP contribution in [-0.4, -0.2) is 28.7 Å². The van der Waals surface area contributed by atoms with E-state index in [4.69, 9.17) is 8.85 Å². The van der Waals surface area contributed by atoms with Gasteiger partial charge in [0.25, 0.3) is 5.97 Å². The van der Waals surface area contributed by atoms with Crippen LogP contribution >= 0.6 is 0 Å². The van der Waals surface area contributed by atoms with Crippen molar-refractivity contribution in [1.82, 2.24) is 0 Å². The van der Waals surface area contributed by atoms with Crippen molar-refractivity contribution in [2.24, 2.45) is 11.8 Å². The average Bonchev–Trinajstić information content (AvgIpc) is 2.08. The van der Waals surface area contributed by atoms with Crippen LogP contribution in [0.25, 0.3) is 0 Å². The lowest BCUT2D eigenvalue weighted by atomic mass is 9.95. The van der Waals surface area contributed by atoms with Crippen molar-refractivity contribution in [2.75, 3.05) is 0 Å². The lowest BCUT2D eigenvalue weighted by Gasteiger charge is -2.33. The highest BCUT2D eigenvalue weighted by Crippen LogP contribution is 2.23. The maximum Gasteiger partial charge on any atom is 0.297 e. The Morgan fingerprint density at radius 3 is 1.61 bits per heavy atom. The molecular weight excluding hydrogens is 260 g/mol. The molecule has 0 aromatic carbocycles. The molecule has 0 radical (unpaired) electrons. The van der Waals surface area contributed by atoms with Gasteiger partial charge < -0.3 is 8.85 Å². The van der Waals surface area contributed by atoms with Gasteiger partial charge in [0.1, 0.15) is 0 Å². The normalized spacial score (nSPS) is 16.6. The van der Waals surface area contributed by atoms with E-state index in [-0.39, 0.29) is 18.0 Å². The summed E-state index contributed by atoms with van der Waals surface area (Å²) in [5.41, 5.74) is 0. The molecule has 0 N–H and O–H groups in total. The molecule has 0 saturated heterocycles. The second-order valence-electron chi connectivity index (χ2n) is 7.26. The van der Waals surface area contributed by atoms with Crippen molar-refractivity contribution in [3.05, 3.63) is 0 Å². The topological polar surface area (TPSA) is 35.5 Å². The first-order valence-corrected chi connectivity index (χ1v) is 13.6.